The SMILES string of the molecule is C=CC(=O)N[Si](OC)(OC)OC. The lowest BCUT2D eigenvalue weighted by atomic mass is 10.6. The van der Waals surface area contributed by atoms with Crippen molar-refractivity contribution in [2.75, 3.05) is 21.3 Å². The fourth-order valence-corrected chi connectivity index (χ4v) is 1.82. The first-order chi connectivity index (χ1) is 5.64. The van der Waals surface area contributed by atoms with E-state index in [1.165, 1.54) is 21.3 Å². The predicted octanol–water partition coefficient (Wildman–Crippen LogP) is -0.337. The predicted molar refractivity (Wildman–Crippen MR) is 45.1 cm³/mol. The van der Waals surface area contributed by atoms with E-state index in [4.69, 9.17) is 13.3 Å². The van der Waals surface area contributed by atoms with Crippen LogP contribution in [0.3, 0.4) is 0 Å². The second-order valence-corrected chi connectivity index (χ2v) is 4.45. The molecule has 0 fully saturated rings. The van der Waals surface area contributed by atoms with Gasteiger partial charge in [0.1, 0.15) is 0 Å². The maximum atomic E-state index is 10.9. The third-order valence-corrected chi connectivity index (χ3v) is 3.43. The number of carbonyl (C=O) groups excluding carboxylic acids is 1. The number of rotatable bonds is 5. The van der Waals surface area contributed by atoms with Gasteiger partial charge in [0.15, 0.2) is 0 Å². The number of carbonyl (C=O) groups is 1. The van der Waals surface area contributed by atoms with Crippen molar-refractivity contribution in [1.82, 2.24) is 4.98 Å². The minimum atomic E-state index is -2.97. The molecule has 0 heterocycles. The van der Waals surface area contributed by atoms with Gasteiger partial charge in [-0.1, -0.05) is 6.58 Å². The Morgan fingerprint density at radius 2 is 1.75 bits per heavy atom. The quantitative estimate of drug-likeness (QED) is 0.477. The van der Waals surface area contributed by atoms with Gasteiger partial charge in [-0.3, -0.25) is 4.79 Å². The van der Waals surface area contributed by atoms with Gasteiger partial charge < -0.3 is 18.3 Å². The van der Waals surface area contributed by atoms with E-state index in [-0.39, 0.29) is 5.91 Å². The Morgan fingerprint density at radius 1 is 1.33 bits per heavy atom. The molecular weight excluding hydrogens is 178 g/mol. The van der Waals surface area contributed by atoms with E-state index in [1.807, 2.05) is 0 Å². The van der Waals surface area contributed by atoms with Crippen LogP contribution >= 0.6 is 0 Å². The molecule has 0 radical (unpaired) electrons. The van der Waals surface area contributed by atoms with Crippen LogP contribution in [0.5, 0.6) is 0 Å². The van der Waals surface area contributed by atoms with Crippen LogP contribution in [0.15, 0.2) is 12.7 Å². The zero-order chi connectivity index (χ0) is 9.61. The summed E-state index contributed by atoms with van der Waals surface area (Å²) < 4.78 is 14.8. The topological polar surface area (TPSA) is 56.8 Å². The van der Waals surface area contributed by atoms with Crippen LogP contribution in [0.2, 0.25) is 0 Å². The third-order valence-electron chi connectivity index (χ3n) is 1.27. The Balaban J connectivity index is 4.29. The Bertz CT molecular complexity index is 161. The molecule has 0 unspecified atom stereocenters. The Hall–Kier alpha value is -0.693. The average molecular weight is 191 g/mol. The van der Waals surface area contributed by atoms with Gasteiger partial charge in [-0.2, -0.15) is 0 Å². The lowest BCUT2D eigenvalue weighted by Gasteiger charge is -2.23. The third kappa shape index (κ3) is 2.74. The molecule has 0 saturated carbocycles. The summed E-state index contributed by atoms with van der Waals surface area (Å²) in [4.78, 5) is 13.3. The number of hydrogen-bond donors (Lipinski definition) is 1. The van der Waals surface area contributed by atoms with E-state index >= 15 is 0 Å². The van der Waals surface area contributed by atoms with Crippen molar-refractivity contribution in [1.29, 1.82) is 0 Å². The summed E-state index contributed by atoms with van der Waals surface area (Å²) in [6, 6.07) is 0. The molecule has 70 valence electrons. The molecule has 0 spiro atoms. The molecule has 0 aromatic heterocycles. The van der Waals surface area contributed by atoms with Gasteiger partial charge in [0.05, 0.1) is 0 Å². The second kappa shape index (κ2) is 5.04. The molecule has 0 aliphatic heterocycles. The van der Waals surface area contributed by atoms with Gasteiger partial charge >= 0.3 is 8.97 Å². The molecule has 0 aromatic rings. The Kier molecular flexibility index (Phi) is 4.75. The highest BCUT2D eigenvalue weighted by Gasteiger charge is 2.41. The normalized spacial score (nSPS) is 10.9. The van der Waals surface area contributed by atoms with Crippen molar-refractivity contribution in [2.45, 2.75) is 0 Å². The number of nitrogens with one attached hydrogen (secondary N) is 1. The van der Waals surface area contributed by atoms with Crippen LogP contribution < -0.4 is 4.98 Å². The van der Waals surface area contributed by atoms with Gasteiger partial charge in [0, 0.05) is 21.3 Å². The Morgan fingerprint density at radius 3 is 2.00 bits per heavy atom. The fraction of sp³-hybridized carbons (Fsp3) is 0.500. The highest BCUT2D eigenvalue weighted by molar-refractivity contribution is 6.61. The molecule has 0 aliphatic rings. The summed E-state index contributed by atoms with van der Waals surface area (Å²) in [6.45, 7) is 3.29. The van der Waals surface area contributed by atoms with E-state index in [0.29, 0.717) is 0 Å². The average Bonchev–Trinajstić information content (AvgIpc) is 2.14. The Labute approximate surface area is 72.8 Å². The van der Waals surface area contributed by atoms with Crippen molar-refractivity contribution in [2.24, 2.45) is 0 Å². The molecule has 6 heteroatoms. The molecule has 0 saturated heterocycles. The minimum absolute atomic E-state index is 0.382. The first kappa shape index (κ1) is 11.3. The van der Waals surface area contributed by atoms with Gasteiger partial charge in [-0.05, 0) is 6.08 Å². The van der Waals surface area contributed by atoms with Crippen LogP contribution in [0.4, 0.5) is 0 Å². The van der Waals surface area contributed by atoms with Crippen molar-refractivity contribution >= 4 is 14.9 Å². The van der Waals surface area contributed by atoms with Crippen LogP contribution in [0, 0.1) is 0 Å². The highest BCUT2D eigenvalue weighted by atomic mass is 28.4. The van der Waals surface area contributed by atoms with E-state index in [0.717, 1.165) is 6.08 Å². The largest absolute Gasteiger partial charge is 0.632 e. The molecular formula is C6H13NO4Si. The lowest BCUT2D eigenvalue weighted by Crippen LogP contribution is -2.58. The summed E-state index contributed by atoms with van der Waals surface area (Å²) in [6.07, 6.45) is 1.12. The van der Waals surface area contributed by atoms with Crippen LogP contribution in [0.25, 0.3) is 0 Å². The van der Waals surface area contributed by atoms with Crippen molar-refractivity contribution in [3.05, 3.63) is 12.7 Å². The molecule has 12 heavy (non-hydrogen) atoms. The first-order valence-corrected chi connectivity index (χ1v) is 4.96. The van der Waals surface area contributed by atoms with Crippen molar-refractivity contribution < 1.29 is 18.1 Å². The summed E-state index contributed by atoms with van der Waals surface area (Å²) in [5.41, 5.74) is 0. The maximum Gasteiger partial charge on any atom is 0.632 e. The second-order valence-electron chi connectivity index (χ2n) is 1.86. The van der Waals surface area contributed by atoms with Crippen LogP contribution in [0.1, 0.15) is 0 Å². The lowest BCUT2D eigenvalue weighted by molar-refractivity contribution is -0.116. The van der Waals surface area contributed by atoms with E-state index in [9.17, 15) is 4.79 Å². The first-order valence-electron chi connectivity index (χ1n) is 3.24. The zero-order valence-corrected chi connectivity index (χ0v) is 8.42. The van der Waals surface area contributed by atoms with Crippen LogP contribution in [-0.2, 0) is 18.1 Å². The molecule has 0 atom stereocenters. The fourth-order valence-electron chi connectivity index (χ4n) is 0.605. The van der Waals surface area contributed by atoms with Crippen LogP contribution in [-0.4, -0.2) is 36.2 Å². The number of hydrogen-bond acceptors (Lipinski definition) is 4. The molecule has 0 aliphatic carbocycles. The monoisotopic (exact) mass is 191 g/mol. The van der Waals surface area contributed by atoms with Gasteiger partial charge in [0.2, 0.25) is 5.91 Å². The van der Waals surface area contributed by atoms with Gasteiger partial charge in [-0.25, -0.2) is 0 Å². The van der Waals surface area contributed by atoms with Crippen molar-refractivity contribution in [3.63, 3.8) is 0 Å². The summed E-state index contributed by atoms with van der Waals surface area (Å²) >= 11 is 0. The number of amides is 1. The zero-order valence-electron chi connectivity index (χ0n) is 7.42. The van der Waals surface area contributed by atoms with E-state index in [1.54, 1.807) is 0 Å². The minimum Gasteiger partial charge on any atom is -0.360 e. The van der Waals surface area contributed by atoms with Gasteiger partial charge in [0.25, 0.3) is 0 Å². The molecule has 5 nitrogen and oxygen atoms in total. The van der Waals surface area contributed by atoms with E-state index in [2.05, 4.69) is 11.6 Å². The molecule has 0 aromatic carbocycles. The molecule has 1 amide bonds. The van der Waals surface area contributed by atoms with E-state index < -0.39 is 8.97 Å². The highest BCUT2D eigenvalue weighted by Crippen LogP contribution is 2.00. The summed E-state index contributed by atoms with van der Waals surface area (Å²) in [5, 5.41) is 0. The molecule has 1 N–H and O–H groups in total. The standard InChI is InChI=1S/C6H13NO4Si/c1-5-6(8)7-12(9-2,10-3)11-4/h5H,1H2,2-4H3,(H,7,8). The summed E-state index contributed by atoms with van der Waals surface area (Å²) in [7, 11) is 1.24. The smallest absolute Gasteiger partial charge is 0.360 e. The molecule has 0 bridgehead atoms. The van der Waals surface area contributed by atoms with Gasteiger partial charge in [-0.15, -0.1) is 0 Å². The summed E-state index contributed by atoms with van der Waals surface area (Å²) in [5.74, 6) is -0.382. The van der Waals surface area contributed by atoms with Crippen molar-refractivity contribution in [3.8, 4) is 0 Å². The molecule has 0 rings (SSSR count). The maximum absolute atomic E-state index is 10.9.